The summed E-state index contributed by atoms with van der Waals surface area (Å²) in [4.78, 5) is 24.7. The maximum atomic E-state index is 12.0. The molecule has 1 unspecified atom stereocenters. The molecule has 2 aliphatic heterocycles. The van der Waals surface area contributed by atoms with Crippen LogP contribution in [0.3, 0.4) is 0 Å². The SMILES string of the molecule is CC(=O)NCC1COC(=O)N1c1ccc2c(c1)CCNC2. The molecule has 0 aliphatic carbocycles. The Morgan fingerprint density at radius 2 is 2.33 bits per heavy atom. The number of cyclic esters (lactones) is 1. The van der Waals surface area contributed by atoms with Crippen molar-refractivity contribution < 1.29 is 14.3 Å². The summed E-state index contributed by atoms with van der Waals surface area (Å²) in [6, 6.07) is 5.90. The minimum atomic E-state index is -0.348. The Labute approximate surface area is 123 Å². The number of carbonyl (C=O) groups excluding carboxylic acids is 2. The lowest BCUT2D eigenvalue weighted by Crippen LogP contribution is -2.42. The van der Waals surface area contributed by atoms with Crippen molar-refractivity contribution in [3.8, 4) is 0 Å². The molecule has 0 bridgehead atoms. The van der Waals surface area contributed by atoms with Crippen LogP contribution in [0.15, 0.2) is 18.2 Å². The number of fused-ring (bicyclic) bond motifs is 1. The average molecular weight is 289 g/mol. The summed E-state index contributed by atoms with van der Waals surface area (Å²) in [7, 11) is 0. The van der Waals surface area contributed by atoms with E-state index in [4.69, 9.17) is 4.74 Å². The Morgan fingerprint density at radius 3 is 3.14 bits per heavy atom. The van der Waals surface area contributed by atoms with E-state index in [0.717, 1.165) is 25.2 Å². The maximum absolute atomic E-state index is 12.0. The van der Waals surface area contributed by atoms with E-state index >= 15 is 0 Å². The number of ether oxygens (including phenoxy) is 1. The molecule has 21 heavy (non-hydrogen) atoms. The lowest BCUT2D eigenvalue weighted by Gasteiger charge is -2.24. The number of amides is 2. The smallest absolute Gasteiger partial charge is 0.414 e. The minimum absolute atomic E-state index is 0.106. The second kappa shape index (κ2) is 5.73. The third-order valence-corrected chi connectivity index (χ3v) is 3.90. The van der Waals surface area contributed by atoms with E-state index in [1.165, 1.54) is 18.1 Å². The van der Waals surface area contributed by atoms with Crippen molar-refractivity contribution in [1.29, 1.82) is 0 Å². The Morgan fingerprint density at radius 1 is 1.48 bits per heavy atom. The summed E-state index contributed by atoms with van der Waals surface area (Å²) < 4.78 is 5.13. The van der Waals surface area contributed by atoms with Crippen LogP contribution in [0, 0.1) is 0 Å². The zero-order valence-corrected chi connectivity index (χ0v) is 12.0. The van der Waals surface area contributed by atoms with Crippen LogP contribution in [-0.4, -0.2) is 37.7 Å². The van der Waals surface area contributed by atoms with Gasteiger partial charge in [-0.25, -0.2) is 4.79 Å². The monoisotopic (exact) mass is 289 g/mol. The molecule has 6 heteroatoms. The van der Waals surface area contributed by atoms with Gasteiger partial charge in [0.1, 0.15) is 6.61 Å². The van der Waals surface area contributed by atoms with Crippen LogP contribution >= 0.6 is 0 Å². The number of hydrogen-bond acceptors (Lipinski definition) is 4. The van der Waals surface area contributed by atoms with Crippen LogP contribution in [0.25, 0.3) is 0 Å². The molecule has 2 aliphatic rings. The van der Waals surface area contributed by atoms with Gasteiger partial charge in [-0.15, -0.1) is 0 Å². The molecule has 2 amide bonds. The highest BCUT2D eigenvalue weighted by molar-refractivity contribution is 5.90. The van der Waals surface area contributed by atoms with Crippen LogP contribution in [-0.2, 0) is 22.5 Å². The number of anilines is 1. The molecule has 3 rings (SSSR count). The largest absolute Gasteiger partial charge is 0.447 e. The molecule has 2 heterocycles. The second-order valence-corrected chi connectivity index (χ2v) is 5.42. The first-order chi connectivity index (χ1) is 10.1. The molecule has 0 aromatic heterocycles. The van der Waals surface area contributed by atoms with Gasteiger partial charge in [0.25, 0.3) is 0 Å². The predicted octanol–water partition coefficient (Wildman–Crippen LogP) is 0.794. The van der Waals surface area contributed by atoms with Crippen molar-refractivity contribution in [1.82, 2.24) is 10.6 Å². The average Bonchev–Trinajstić information content (AvgIpc) is 2.85. The third kappa shape index (κ3) is 2.85. The lowest BCUT2D eigenvalue weighted by atomic mass is 10.00. The van der Waals surface area contributed by atoms with Gasteiger partial charge in [0, 0.05) is 25.7 Å². The lowest BCUT2D eigenvalue weighted by molar-refractivity contribution is -0.119. The highest BCUT2D eigenvalue weighted by atomic mass is 16.6. The van der Waals surface area contributed by atoms with Gasteiger partial charge in [-0.3, -0.25) is 9.69 Å². The molecule has 1 fully saturated rings. The standard InChI is InChI=1S/C15H19N3O3/c1-10(19)17-8-14-9-21-15(20)18(14)13-3-2-12-7-16-5-4-11(12)6-13/h2-3,6,14,16H,4-5,7-9H2,1H3,(H,17,19). The fourth-order valence-corrected chi connectivity index (χ4v) is 2.80. The van der Waals surface area contributed by atoms with Crippen molar-refractivity contribution in [2.75, 3.05) is 24.6 Å². The van der Waals surface area contributed by atoms with Gasteiger partial charge >= 0.3 is 6.09 Å². The fourth-order valence-electron chi connectivity index (χ4n) is 2.80. The molecular weight excluding hydrogens is 270 g/mol. The molecular formula is C15H19N3O3. The zero-order chi connectivity index (χ0) is 14.8. The van der Waals surface area contributed by atoms with Crippen molar-refractivity contribution in [2.24, 2.45) is 0 Å². The summed E-state index contributed by atoms with van der Waals surface area (Å²) in [6.45, 7) is 4.00. The Kier molecular flexibility index (Phi) is 3.79. The predicted molar refractivity (Wildman–Crippen MR) is 78.2 cm³/mol. The molecule has 1 atom stereocenters. The number of benzene rings is 1. The molecule has 0 radical (unpaired) electrons. The normalized spacial score (nSPS) is 20.9. The van der Waals surface area contributed by atoms with E-state index in [0.29, 0.717) is 13.2 Å². The van der Waals surface area contributed by atoms with Crippen LogP contribution in [0.1, 0.15) is 18.1 Å². The first-order valence-electron chi connectivity index (χ1n) is 7.18. The molecule has 1 aromatic carbocycles. The van der Waals surface area contributed by atoms with Gasteiger partial charge in [-0.1, -0.05) is 6.07 Å². The van der Waals surface area contributed by atoms with Gasteiger partial charge in [-0.2, -0.15) is 0 Å². The number of rotatable bonds is 3. The highest BCUT2D eigenvalue weighted by Gasteiger charge is 2.34. The Hall–Kier alpha value is -2.08. The molecule has 0 spiro atoms. The summed E-state index contributed by atoms with van der Waals surface area (Å²) in [5.41, 5.74) is 3.38. The van der Waals surface area contributed by atoms with E-state index in [1.807, 2.05) is 6.07 Å². The molecule has 2 N–H and O–H groups in total. The van der Waals surface area contributed by atoms with Crippen LogP contribution in [0.4, 0.5) is 10.5 Å². The summed E-state index contributed by atoms with van der Waals surface area (Å²) >= 11 is 0. The number of hydrogen-bond donors (Lipinski definition) is 2. The number of nitrogens with one attached hydrogen (secondary N) is 2. The molecule has 6 nitrogen and oxygen atoms in total. The minimum Gasteiger partial charge on any atom is -0.447 e. The van der Waals surface area contributed by atoms with E-state index in [1.54, 1.807) is 4.90 Å². The van der Waals surface area contributed by atoms with E-state index < -0.39 is 0 Å². The van der Waals surface area contributed by atoms with Crippen molar-refractivity contribution in [3.63, 3.8) is 0 Å². The molecule has 1 saturated heterocycles. The first kappa shape index (κ1) is 13.9. The zero-order valence-electron chi connectivity index (χ0n) is 12.0. The Balaban J connectivity index is 1.82. The van der Waals surface area contributed by atoms with Gasteiger partial charge in [0.15, 0.2) is 0 Å². The van der Waals surface area contributed by atoms with Crippen LogP contribution < -0.4 is 15.5 Å². The molecule has 1 aromatic rings. The second-order valence-electron chi connectivity index (χ2n) is 5.42. The summed E-state index contributed by atoms with van der Waals surface area (Å²) in [5.74, 6) is -0.106. The topological polar surface area (TPSA) is 70.7 Å². The molecule has 112 valence electrons. The van der Waals surface area contributed by atoms with Gasteiger partial charge in [-0.05, 0) is 36.2 Å². The van der Waals surface area contributed by atoms with Gasteiger partial charge in [0.05, 0.1) is 6.04 Å². The number of carbonyl (C=O) groups is 2. The third-order valence-electron chi connectivity index (χ3n) is 3.90. The summed E-state index contributed by atoms with van der Waals surface area (Å²) in [6.07, 6.45) is 0.613. The number of nitrogens with zero attached hydrogens (tertiary/aromatic N) is 1. The van der Waals surface area contributed by atoms with Crippen molar-refractivity contribution in [2.45, 2.75) is 25.9 Å². The first-order valence-corrected chi connectivity index (χ1v) is 7.18. The van der Waals surface area contributed by atoms with Crippen LogP contribution in [0.5, 0.6) is 0 Å². The Bertz CT molecular complexity index is 573. The van der Waals surface area contributed by atoms with Gasteiger partial charge < -0.3 is 15.4 Å². The van der Waals surface area contributed by atoms with Crippen molar-refractivity contribution >= 4 is 17.7 Å². The molecule has 0 saturated carbocycles. The van der Waals surface area contributed by atoms with Crippen LogP contribution in [0.2, 0.25) is 0 Å². The maximum Gasteiger partial charge on any atom is 0.414 e. The quantitative estimate of drug-likeness (QED) is 0.863. The van der Waals surface area contributed by atoms with Gasteiger partial charge in [0.2, 0.25) is 5.91 Å². The summed E-state index contributed by atoms with van der Waals surface area (Å²) in [5, 5.41) is 6.07. The highest BCUT2D eigenvalue weighted by Crippen LogP contribution is 2.26. The van der Waals surface area contributed by atoms with E-state index in [-0.39, 0.29) is 18.0 Å². The fraction of sp³-hybridized carbons (Fsp3) is 0.467. The van der Waals surface area contributed by atoms with E-state index in [9.17, 15) is 9.59 Å². The van der Waals surface area contributed by atoms with Crippen molar-refractivity contribution in [3.05, 3.63) is 29.3 Å². The van der Waals surface area contributed by atoms with E-state index in [2.05, 4.69) is 22.8 Å².